The molecule has 1 aromatic heterocycles. The van der Waals surface area contributed by atoms with E-state index in [1.54, 1.807) is 45.9 Å². The third-order valence-electron chi connectivity index (χ3n) is 6.75. The van der Waals surface area contributed by atoms with Crippen molar-refractivity contribution in [2.45, 2.75) is 82.8 Å². The Labute approximate surface area is 216 Å². The summed E-state index contributed by atoms with van der Waals surface area (Å²) in [6.45, 7) is 7.79. The Morgan fingerprint density at radius 1 is 1.16 bits per heavy atom. The first-order valence-electron chi connectivity index (χ1n) is 12.5. The number of nitrogens with one attached hydrogen (secondary N) is 1. The van der Waals surface area contributed by atoms with Crippen LogP contribution in [0.25, 0.3) is 0 Å². The molecule has 5 unspecified atom stereocenters. The number of hydrogen-bond acceptors (Lipinski definition) is 7. The van der Waals surface area contributed by atoms with Gasteiger partial charge in [0.05, 0.1) is 0 Å². The highest BCUT2D eigenvalue weighted by Crippen LogP contribution is 2.40. The summed E-state index contributed by atoms with van der Waals surface area (Å²) in [6, 6.07) is 9.41. The monoisotopic (exact) mass is 513 g/mol. The lowest BCUT2D eigenvalue weighted by Gasteiger charge is -2.40. The predicted molar refractivity (Wildman–Crippen MR) is 132 cm³/mol. The number of piperidine rings is 1. The van der Waals surface area contributed by atoms with Crippen LogP contribution in [0.5, 0.6) is 5.88 Å². The molecule has 1 N–H and O–H groups in total. The molecule has 5 atom stereocenters. The molecule has 0 radical (unpaired) electrons. The number of amides is 1. The van der Waals surface area contributed by atoms with Crippen molar-refractivity contribution in [2.24, 2.45) is 0 Å². The van der Waals surface area contributed by atoms with E-state index in [2.05, 4.69) is 15.5 Å². The van der Waals surface area contributed by atoms with Crippen LogP contribution in [0.15, 0.2) is 30.3 Å². The van der Waals surface area contributed by atoms with Crippen molar-refractivity contribution < 1.29 is 23.0 Å². The lowest BCUT2D eigenvalue weighted by molar-refractivity contribution is 0.0209. The first-order valence-corrected chi connectivity index (χ1v) is 12.5. The van der Waals surface area contributed by atoms with E-state index in [1.165, 1.54) is 12.1 Å². The number of ether oxygens (including phenoxy) is 2. The standard InChI is InChI=1S/C27H33F2N5O3/c1-16-9-21(13-30)32-33-25(16)36-24-11-18(17-5-7-19(28)8-6-17)10-23(24)34-14-20(29)12-22(15-34)31-26(35)37-27(2,3)4/h5-9,18,20,22-24H,10-12,14-15H2,1-4H3,(H,31,35). The molecule has 1 aromatic carbocycles. The zero-order chi connectivity index (χ0) is 26.7. The van der Waals surface area contributed by atoms with Crippen molar-refractivity contribution in [1.29, 1.82) is 5.26 Å². The molecule has 10 heteroatoms. The molecule has 4 rings (SSSR count). The van der Waals surface area contributed by atoms with E-state index in [1.807, 2.05) is 11.0 Å². The normalized spacial score (nSPS) is 26.4. The Hall–Kier alpha value is -3.32. The van der Waals surface area contributed by atoms with Crippen molar-refractivity contribution in [1.82, 2.24) is 20.4 Å². The Balaban J connectivity index is 1.55. The molecule has 2 aliphatic rings. The average Bonchev–Trinajstić information content (AvgIpc) is 3.23. The molecule has 1 saturated heterocycles. The number of nitriles is 1. The lowest BCUT2D eigenvalue weighted by Crippen LogP contribution is -2.57. The number of benzene rings is 1. The van der Waals surface area contributed by atoms with Crippen LogP contribution in [0.3, 0.4) is 0 Å². The van der Waals surface area contributed by atoms with Crippen LogP contribution in [-0.2, 0) is 4.74 Å². The average molecular weight is 514 g/mol. The van der Waals surface area contributed by atoms with Gasteiger partial charge in [-0.1, -0.05) is 12.1 Å². The van der Waals surface area contributed by atoms with Gasteiger partial charge in [-0.05, 0) is 70.2 Å². The van der Waals surface area contributed by atoms with Crippen molar-refractivity contribution >= 4 is 6.09 Å². The molecule has 8 nitrogen and oxygen atoms in total. The number of likely N-dealkylation sites (tertiary alicyclic amines) is 1. The van der Waals surface area contributed by atoms with Crippen LogP contribution < -0.4 is 10.1 Å². The summed E-state index contributed by atoms with van der Waals surface area (Å²) in [5.74, 6) is 0.0902. The Kier molecular flexibility index (Phi) is 7.93. The van der Waals surface area contributed by atoms with E-state index < -0.39 is 23.9 Å². The van der Waals surface area contributed by atoms with E-state index in [-0.39, 0.29) is 42.5 Å². The fourth-order valence-electron chi connectivity index (χ4n) is 5.20. The largest absolute Gasteiger partial charge is 0.471 e. The van der Waals surface area contributed by atoms with Gasteiger partial charge in [-0.25, -0.2) is 13.6 Å². The van der Waals surface area contributed by atoms with Gasteiger partial charge < -0.3 is 14.8 Å². The summed E-state index contributed by atoms with van der Waals surface area (Å²) in [5.41, 5.74) is 1.21. The van der Waals surface area contributed by atoms with Crippen LogP contribution in [0.1, 0.15) is 62.8 Å². The fourth-order valence-corrected chi connectivity index (χ4v) is 5.20. The number of nitrogens with zero attached hydrogens (tertiary/aromatic N) is 4. The van der Waals surface area contributed by atoms with Gasteiger partial charge in [-0.3, -0.25) is 4.90 Å². The lowest BCUT2D eigenvalue weighted by atomic mass is 9.96. The minimum absolute atomic E-state index is 0.0690. The van der Waals surface area contributed by atoms with Crippen molar-refractivity contribution in [3.05, 3.63) is 53.0 Å². The molecule has 37 heavy (non-hydrogen) atoms. The highest BCUT2D eigenvalue weighted by molar-refractivity contribution is 5.68. The molecule has 1 amide bonds. The number of hydrogen-bond donors (Lipinski definition) is 1. The fraction of sp³-hybridized carbons (Fsp3) is 0.556. The second-order valence-electron chi connectivity index (χ2n) is 10.9. The third kappa shape index (κ3) is 6.92. The first kappa shape index (κ1) is 26.7. The van der Waals surface area contributed by atoms with Gasteiger partial charge in [0.2, 0.25) is 5.88 Å². The van der Waals surface area contributed by atoms with Crippen LogP contribution in [0.2, 0.25) is 0 Å². The number of halogens is 2. The minimum atomic E-state index is -1.13. The molecule has 0 bridgehead atoms. The molecule has 2 heterocycles. The highest BCUT2D eigenvalue weighted by atomic mass is 19.1. The van der Waals surface area contributed by atoms with Gasteiger partial charge in [-0.15, -0.1) is 10.2 Å². The smallest absolute Gasteiger partial charge is 0.407 e. The maximum absolute atomic E-state index is 14.9. The Bertz CT molecular complexity index is 1150. The quantitative estimate of drug-likeness (QED) is 0.631. The van der Waals surface area contributed by atoms with Crippen LogP contribution in [-0.4, -0.2) is 64.2 Å². The van der Waals surface area contributed by atoms with Gasteiger partial charge in [0.1, 0.15) is 29.8 Å². The summed E-state index contributed by atoms with van der Waals surface area (Å²) >= 11 is 0. The van der Waals surface area contributed by atoms with E-state index in [9.17, 15) is 13.6 Å². The number of rotatable bonds is 5. The van der Waals surface area contributed by atoms with Gasteiger partial charge in [-0.2, -0.15) is 5.26 Å². The maximum atomic E-state index is 14.9. The minimum Gasteiger partial charge on any atom is -0.471 e. The Morgan fingerprint density at radius 3 is 2.54 bits per heavy atom. The molecule has 0 spiro atoms. The van der Waals surface area contributed by atoms with E-state index in [0.717, 1.165) is 5.56 Å². The number of alkyl carbamates (subject to hydrolysis) is 1. The SMILES string of the molecule is Cc1cc(C#N)nnc1OC1CC(c2ccc(F)cc2)CC1N1CC(F)CC(NC(=O)OC(C)(C)C)C1. The molecule has 198 valence electrons. The zero-order valence-electron chi connectivity index (χ0n) is 21.6. The van der Waals surface area contributed by atoms with Crippen molar-refractivity contribution in [3.8, 4) is 11.9 Å². The second kappa shape index (κ2) is 11.0. The Morgan fingerprint density at radius 2 is 1.89 bits per heavy atom. The summed E-state index contributed by atoms with van der Waals surface area (Å²) < 4.78 is 40.2. The molecular weight excluding hydrogens is 480 g/mol. The van der Waals surface area contributed by atoms with Gasteiger partial charge in [0.15, 0.2) is 5.69 Å². The number of carbonyl (C=O) groups excluding carboxylic acids is 1. The van der Waals surface area contributed by atoms with E-state index in [0.29, 0.717) is 30.8 Å². The van der Waals surface area contributed by atoms with Crippen molar-refractivity contribution in [3.63, 3.8) is 0 Å². The van der Waals surface area contributed by atoms with Gasteiger partial charge in [0, 0.05) is 37.2 Å². The predicted octanol–water partition coefficient (Wildman–Crippen LogP) is 4.43. The topological polar surface area (TPSA) is 100 Å². The van der Waals surface area contributed by atoms with Crippen LogP contribution >= 0.6 is 0 Å². The molecule has 1 saturated carbocycles. The molecule has 2 fully saturated rings. The third-order valence-corrected chi connectivity index (χ3v) is 6.75. The van der Waals surface area contributed by atoms with Crippen LogP contribution in [0, 0.1) is 24.1 Å². The second-order valence-corrected chi connectivity index (χ2v) is 10.9. The number of aryl methyl sites for hydroxylation is 1. The van der Waals surface area contributed by atoms with Gasteiger partial charge in [0.25, 0.3) is 0 Å². The number of alkyl halides is 1. The van der Waals surface area contributed by atoms with Crippen LogP contribution in [0.4, 0.5) is 13.6 Å². The maximum Gasteiger partial charge on any atom is 0.407 e. The van der Waals surface area contributed by atoms with E-state index >= 15 is 0 Å². The zero-order valence-corrected chi connectivity index (χ0v) is 21.6. The summed E-state index contributed by atoms with van der Waals surface area (Å²) in [7, 11) is 0. The summed E-state index contributed by atoms with van der Waals surface area (Å²) in [6.07, 6.45) is -0.548. The summed E-state index contributed by atoms with van der Waals surface area (Å²) in [4.78, 5) is 14.4. The van der Waals surface area contributed by atoms with Crippen molar-refractivity contribution in [2.75, 3.05) is 13.1 Å². The molecule has 1 aliphatic carbocycles. The number of carbonyl (C=O) groups is 1. The van der Waals surface area contributed by atoms with Gasteiger partial charge >= 0.3 is 6.09 Å². The summed E-state index contributed by atoms with van der Waals surface area (Å²) in [5, 5.41) is 19.9. The number of aromatic nitrogens is 2. The first-order chi connectivity index (χ1) is 17.5. The molecule has 1 aliphatic heterocycles. The molecular formula is C27H33F2N5O3. The van der Waals surface area contributed by atoms with E-state index in [4.69, 9.17) is 14.7 Å². The highest BCUT2D eigenvalue weighted by Gasteiger charge is 2.43. The molecule has 2 aromatic rings.